The molecule has 6 heteroatoms. The number of carbonyl (C=O) groups is 2. The predicted molar refractivity (Wildman–Crippen MR) is 91.1 cm³/mol. The van der Waals surface area contributed by atoms with Crippen molar-refractivity contribution < 1.29 is 9.59 Å². The molecule has 1 aliphatic rings. The molecule has 0 spiro atoms. The van der Waals surface area contributed by atoms with Gasteiger partial charge in [-0.3, -0.25) is 15.0 Å². The molecule has 0 fully saturated rings. The first-order valence-electron chi connectivity index (χ1n) is 7.96. The van der Waals surface area contributed by atoms with Gasteiger partial charge in [0.2, 0.25) is 5.84 Å². The molecule has 2 atom stereocenters. The van der Waals surface area contributed by atoms with E-state index in [1.54, 1.807) is 18.9 Å². The number of hydrogen-bond donors (Lipinski definition) is 1. The Kier molecular flexibility index (Phi) is 5.36. The number of likely N-dealkylation sites (N-methyl/N-ethyl adjacent to an activating group) is 1. The lowest BCUT2D eigenvalue weighted by Gasteiger charge is -2.33. The van der Waals surface area contributed by atoms with Gasteiger partial charge in [0.05, 0.1) is 5.69 Å². The predicted octanol–water partition coefficient (Wildman–Crippen LogP) is 1.97. The number of anilines is 1. The summed E-state index contributed by atoms with van der Waals surface area (Å²) in [5.41, 5.74) is 3.56. The first-order chi connectivity index (χ1) is 11.0. The number of nitrogens with one attached hydrogen (secondary N) is 1. The van der Waals surface area contributed by atoms with Gasteiger partial charge in [0.15, 0.2) is 0 Å². The Balaban J connectivity index is 2.21. The first kappa shape index (κ1) is 17.0. The van der Waals surface area contributed by atoms with Crippen LogP contribution < -0.4 is 10.4 Å². The summed E-state index contributed by atoms with van der Waals surface area (Å²) in [6.45, 7) is 5.79. The summed E-state index contributed by atoms with van der Waals surface area (Å²) < 4.78 is 0. The fourth-order valence-corrected chi connectivity index (χ4v) is 2.48. The van der Waals surface area contributed by atoms with E-state index in [0.717, 1.165) is 12.8 Å². The van der Waals surface area contributed by atoms with Gasteiger partial charge in [0.25, 0.3) is 11.8 Å². The van der Waals surface area contributed by atoms with Crippen LogP contribution >= 0.6 is 0 Å². The number of carbonyl (C=O) groups excluding carboxylic acids is 2. The topological polar surface area (TPSA) is 65.0 Å². The molecule has 2 amide bonds. The van der Waals surface area contributed by atoms with E-state index in [9.17, 15) is 9.59 Å². The fourth-order valence-electron chi connectivity index (χ4n) is 2.48. The van der Waals surface area contributed by atoms with Gasteiger partial charge >= 0.3 is 0 Å². The van der Waals surface area contributed by atoms with Crippen LogP contribution in [-0.2, 0) is 9.59 Å². The molecular weight excluding hydrogens is 292 g/mol. The smallest absolute Gasteiger partial charge is 0.290 e. The number of para-hydroxylation sites is 1. The number of aliphatic imine (C=N–C) groups is 1. The monoisotopic (exact) mass is 316 g/mol. The second-order valence-corrected chi connectivity index (χ2v) is 5.83. The molecule has 1 aromatic carbocycles. The van der Waals surface area contributed by atoms with Gasteiger partial charge in [-0.25, -0.2) is 10.0 Å². The van der Waals surface area contributed by atoms with E-state index in [4.69, 9.17) is 0 Å². The molecule has 0 saturated heterocycles. The lowest BCUT2D eigenvalue weighted by molar-refractivity contribution is -0.125. The normalized spacial score (nSPS) is 19.0. The SMILES string of the molecule is CCC[C@@H](C)N(C)C(=O)C1=N[C@@H](C)C(=O)N(c2ccccc2)N1. The van der Waals surface area contributed by atoms with E-state index in [1.165, 1.54) is 5.01 Å². The van der Waals surface area contributed by atoms with Crippen LogP contribution in [0.1, 0.15) is 33.6 Å². The first-order valence-corrected chi connectivity index (χ1v) is 7.96. The van der Waals surface area contributed by atoms with Gasteiger partial charge in [0, 0.05) is 13.1 Å². The van der Waals surface area contributed by atoms with Crippen LogP contribution in [0, 0.1) is 0 Å². The summed E-state index contributed by atoms with van der Waals surface area (Å²) in [7, 11) is 1.76. The number of nitrogens with zero attached hydrogens (tertiary/aromatic N) is 3. The molecule has 6 nitrogen and oxygen atoms in total. The van der Waals surface area contributed by atoms with Crippen molar-refractivity contribution in [1.82, 2.24) is 10.3 Å². The van der Waals surface area contributed by atoms with Gasteiger partial charge in [-0.15, -0.1) is 0 Å². The minimum atomic E-state index is -0.592. The Bertz CT molecular complexity index is 600. The van der Waals surface area contributed by atoms with Crippen LogP contribution in [0.5, 0.6) is 0 Å². The van der Waals surface area contributed by atoms with Crippen molar-refractivity contribution in [2.75, 3.05) is 12.1 Å². The molecule has 1 heterocycles. The molecule has 0 aromatic heterocycles. The molecule has 1 aromatic rings. The highest BCUT2D eigenvalue weighted by molar-refractivity contribution is 6.39. The van der Waals surface area contributed by atoms with E-state index in [0.29, 0.717) is 5.69 Å². The quantitative estimate of drug-likeness (QED) is 0.903. The number of hydrogen-bond acceptors (Lipinski definition) is 4. The molecule has 0 unspecified atom stereocenters. The number of benzene rings is 1. The highest BCUT2D eigenvalue weighted by Gasteiger charge is 2.32. The summed E-state index contributed by atoms with van der Waals surface area (Å²) in [5.74, 6) is -0.186. The number of rotatable bonds is 5. The van der Waals surface area contributed by atoms with Crippen LogP contribution in [-0.4, -0.2) is 41.7 Å². The Hall–Kier alpha value is -2.37. The van der Waals surface area contributed by atoms with Crippen LogP contribution in [0.3, 0.4) is 0 Å². The summed E-state index contributed by atoms with van der Waals surface area (Å²) in [5, 5.41) is 1.39. The molecule has 0 aliphatic carbocycles. The molecule has 2 rings (SSSR count). The van der Waals surface area contributed by atoms with E-state index >= 15 is 0 Å². The highest BCUT2D eigenvalue weighted by atomic mass is 16.2. The average Bonchev–Trinajstić information content (AvgIpc) is 2.56. The Morgan fingerprint density at radius 2 is 2.04 bits per heavy atom. The lowest BCUT2D eigenvalue weighted by Crippen LogP contribution is -2.58. The highest BCUT2D eigenvalue weighted by Crippen LogP contribution is 2.16. The summed E-state index contributed by atoms with van der Waals surface area (Å²) >= 11 is 0. The maximum Gasteiger partial charge on any atom is 0.290 e. The fraction of sp³-hybridized carbons (Fsp3) is 0.471. The van der Waals surface area contributed by atoms with Gasteiger partial charge in [-0.1, -0.05) is 31.5 Å². The number of hydrazine groups is 1. The van der Waals surface area contributed by atoms with Crippen molar-refractivity contribution in [2.45, 2.75) is 45.7 Å². The summed E-state index contributed by atoms with van der Waals surface area (Å²) in [6, 6.07) is 8.72. The summed E-state index contributed by atoms with van der Waals surface area (Å²) in [6.07, 6.45) is 1.93. The molecule has 0 saturated carbocycles. The minimum absolute atomic E-state index is 0.120. The zero-order valence-electron chi connectivity index (χ0n) is 14.1. The molecule has 23 heavy (non-hydrogen) atoms. The Morgan fingerprint density at radius 1 is 1.39 bits per heavy atom. The van der Waals surface area contributed by atoms with Crippen molar-refractivity contribution in [3.63, 3.8) is 0 Å². The second kappa shape index (κ2) is 7.26. The van der Waals surface area contributed by atoms with E-state index in [1.807, 2.05) is 37.3 Å². The van der Waals surface area contributed by atoms with Gasteiger partial charge < -0.3 is 4.90 Å². The Morgan fingerprint density at radius 3 is 2.65 bits per heavy atom. The van der Waals surface area contributed by atoms with Crippen molar-refractivity contribution in [2.24, 2.45) is 4.99 Å². The lowest BCUT2D eigenvalue weighted by atomic mass is 10.1. The van der Waals surface area contributed by atoms with Crippen LogP contribution in [0.2, 0.25) is 0 Å². The zero-order valence-corrected chi connectivity index (χ0v) is 14.1. The minimum Gasteiger partial charge on any atom is -0.336 e. The number of amides is 2. The number of amidine groups is 1. The van der Waals surface area contributed by atoms with Crippen molar-refractivity contribution in [1.29, 1.82) is 0 Å². The average molecular weight is 316 g/mol. The molecule has 0 bridgehead atoms. The van der Waals surface area contributed by atoms with Crippen LogP contribution in [0.15, 0.2) is 35.3 Å². The zero-order chi connectivity index (χ0) is 17.0. The molecule has 1 N–H and O–H groups in total. The van der Waals surface area contributed by atoms with Gasteiger partial charge in [0.1, 0.15) is 6.04 Å². The third kappa shape index (κ3) is 3.70. The molecule has 0 radical (unpaired) electrons. The standard InChI is InChI=1S/C17H24N4O2/c1-5-9-12(2)20(4)17(23)15-18-13(3)16(22)21(19-15)14-10-7-6-8-11-14/h6-8,10-13H,5,9H2,1-4H3,(H,18,19)/t12-,13+/m1/s1. The van der Waals surface area contributed by atoms with Gasteiger partial charge in [-0.2, -0.15) is 0 Å². The third-order valence-electron chi connectivity index (χ3n) is 4.02. The Labute approximate surface area is 137 Å². The third-order valence-corrected chi connectivity index (χ3v) is 4.02. The van der Waals surface area contributed by atoms with Crippen molar-refractivity contribution in [3.05, 3.63) is 30.3 Å². The van der Waals surface area contributed by atoms with E-state index in [2.05, 4.69) is 17.3 Å². The maximum atomic E-state index is 12.6. The van der Waals surface area contributed by atoms with Crippen LogP contribution in [0.4, 0.5) is 5.69 Å². The maximum absolute atomic E-state index is 12.6. The molecule has 124 valence electrons. The van der Waals surface area contributed by atoms with Crippen molar-refractivity contribution in [3.8, 4) is 0 Å². The van der Waals surface area contributed by atoms with Crippen molar-refractivity contribution >= 4 is 23.3 Å². The van der Waals surface area contributed by atoms with E-state index < -0.39 is 6.04 Å². The summed E-state index contributed by atoms with van der Waals surface area (Å²) in [4.78, 5) is 30.9. The largest absolute Gasteiger partial charge is 0.336 e. The van der Waals surface area contributed by atoms with Gasteiger partial charge in [-0.05, 0) is 32.4 Å². The van der Waals surface area contributed by atoms with Crippen LogP contribution in [0.25, 0.3) is 0 Å². The van der Waals surface area contributed by atoms with E-state index in [-0.39, 0.29) is 23.7 Å². The molecule has 1 aliphatic heterocycles. The second-order valence-electron chi connectivity index (χ2n) is 5.83. The molecular formula is C17H24N4O2.